The van der Waals surface area contributed by atoms with Gasteiger partial charge in [-0.05, 0) is 12.1 Å². The van der Waals surface area contributed by atoms with Crippen LogP contribution in [0.2, 0.25) is 0 Å². The molecule has 0 N–H and O–H groups in total. The van der Waals surface area contributed by atoms with Crippen LogP contribution in [0.5, 0.6) is 0 Å². The minimum atomic E-state index is -0.00861. The summed E-state index contributed by atoms with van der Waals surface area (Å²) in [5.41, 5.74) is 1.53. The van der Waals surface area contributed by atoms with Crippen molar-refractivity contribution in [3.05, 3.63) is 70.9 Å². The molecule has 0 spiro atoms. The van der Waals surface area contributed by atoms with Gasteiger partial charge in [-0.25, -0.2) is 0 Å². The van der Waals surface area contributed by atoms with Crippen LogP contribution in [-0.4, -0.2) is 23.1 Å². The van der Waals surface area contributed by atoms with E-state index in [1.54, 1.807) is 6.07 Å². The zero-order chi connectivity index (χ0) is 11.7. The molecule has 1 aromatic heterocycles. The monoisotopic (exact) mass is 246 g/mol. The molecule has 1 heterocycles. The molecule has 3 aromatic rings. The highest BCUT2D eigenvalue weighted by Gasteiger charge is 2.05. The van der Waals surface area contributed by atoms with Gasteiger partial charge >= 0.3 is 0 Å². The van der Waals surface area contributed by atoms with Gasteiger partial charge in [-0.3, -0.25) is 4.79 Å². The molecule has 0 amide bonds. The fraction of sp³-hybridized carbons (Fsp3) is 0. The van der Waals surface area contributed by atoms with Crippen LogP contribution in [0, 0.1) is 0 Å². The predicted octanol–water partition coefficient (Wildman–Crippen LogP) is 3.08. The minimum Gasteiger partial charge on any atom is -0.456 e. The lowest BCUT2D eigenvalue weighted by Crippen LogP contribution is -1.99. The molecule has 0 aliphatic heterocycles. The van der Waals surface area contributed by atoms with E-state index in [9.17, 15) is 4.79 Å². The topological polar surface area (TPSA) is 30.2 Å². The summed E-state index contributed by atoms with van der Waals surface area (Å²) in [5, 5.41) is 0.618. The minimum absolute atomic E-state index is 0. The van der Waals surface area contributed by atoms with E-state index >= 15 is 0 Å². The zero-order valence-electron chi connectivity index (χ0n) is 9.80. The third-order valence-electron chi connectivity index (χ3n) is 2.69. The van der Waals surface area contributed by atoms with E-state index in [-0.39, 0.29) is 28.5 Å². The van der Waals surface area contributed by atoms with Gasteiger partial charge in [-0.15, -0.1) is 0 Å². The number of para-hydroxylation sites is 1. The first-order valence-corrected chi connectivity index (χ1v) is 5.43. The summed E-state index contributed by atoms with van der Waals surface area (Å²) < 4.78 is 5.73. The van der Waals surface area contributed by atoms with E-state index in [0.29, 0.717) is 16.7 Å². The van der Waals surface area contributed by atoms with E-state index in [4.69, 9.17) is 4.42 Å². The van der Waals surface area contributed by atoms with E-state index in [0.717, 1.165) is 5.56 Å². The maximum atomic E-state index is 11.9. The van der Waals surface area contributed by atoms with Gasteiger partial charge in [0, 0.05) is 34.7 Å². The van der Waals surface area contributed by atoms with Gasteiger partial charge in [0.05, 0.1) is 5.39 Å². The first-order valence-electron chi connectivity index (χ1n) is 5.43. The third-order valence-corrected chi connectivity index (χ3v) is 2.69. The van der Waals surface area contributed by atoms with Crippen molar-refractivity contribution in [2.24, 2.45) is 0 Å². The number of hydrogen-bond acceptors (Lipinski definition) is 2. The second-order valence-corrected chi connectivity index (χ2v) is 3.84. The molecule has 3 heteroatoms. The van der Waals surface area contributed by atoms with Gasteiger partial charge in [0.2, 0.25) is 0 Å². The Morgan fingerprint density at radius 2 is 1.50 bits per heavy atom. The molecule has 0 saturated carbocycles. The number of hydrogen-bond donors (Lipinski definition) is 0. The van der Waals surface area contributed by atoms with Crippen molar-refractivity contribution in [2.45, 2.75) is 0 Å². The number of fused-ring (bicyclic) bond motifs is 1. The molecule has 0 unspecified atom stereocenters. The average Bonchev–Trinajstić information content (AvgIpc) is 2.40. The van der Waals surface area contributed by atoms with Crippen molar-refractivity contribution in [3.8, 4) is 11.3 Å². The van der Waals surface area contributed by atoms with Crippen LogP contribution in [-0.2, 0) is 0 Å². The van der Waals surface area contributed by atoms with Crippen LogP contribution in [0.15, 0.2) is 69.9 Å². The molecule has 0 atom stereocenters. The first kappa shape index (κ1) is 12.9. The quantitative estimate of drug-likeness (QED) is 0.618. The fourth-order valence-corrected chi connectivity index (χ4v) is 1.85. The Hall–Kier alpha value is -1.58. The smallest absolute Gasteiger partial charge is 0.193 e. The highest BCUT2D eigenvalue weighted by molar-refractivity contribution is 5.78. The molecule has 2 nitrogen and oxygen atoms in total. The second-order valence-electron chi connectivity index (χ2n) is 3.84. The SMILES string of the molecule is O=c1cc(-c2ccccc2)oc2ccccc12.[Mg]. The number of rotatable bonds is 1. The highest BCUT2D eigenvalue weighted by Crippen LogP contribution is 2.21. The van der Waals surface area contributed by atoms with E-state index in [1.807, 2.05) is 48.5 Å². The van der Waals surface area contributed by atoms with E-state index in [2.05, 4.69) is 0 Å². The number of benzene rings is 2. The molecule has 0 aliphatic rings. The molecule has 2 aromatic carbocycles. The third kappa shape index (κ3) is 2.32. The highest BCUT2D eigenvalue weighted by atomic mass is 24.3. The maximum Gasteiger partial charge on any atom is 0.193 e. The van der Waals surface area contributed by atoms with Crippen molar-refractivity contribution in [1.29, 1.82) is 0 Å². The van der Waals surface area contributed by atoms with Crippen molar-refractivity contribution >= 4 is 34.0 Å². The maximum absolute atomic E-state index is 11.9. The molecule has 0 bridgehead atoms. The summed E-state index contributed by atoms with van der Waals surface area (Å²) in [6.45, 7) is 0. The molecule has 3 rings (SSSR count). The molecular weight excluding hydrogens is 236 g/mol. The van der Waals surface area contributed by atoms with Gasteiger partial charge in [0.15, 0.2) is 5.43 Å². The Balaban J connectivity index is 0.00000120. The van der Waals surface area contributed by atoms with E-state index < -0.39 is 0 Å². The summed E-state index contributed by atoms with van der Waals surface area (Å²) in [5.74, 6) is 0.606. The van der Waals surface area contributed by atoms with Crippen LogP contribution in [0.4, 0.5) is 0 Å². The molecule has 0 fully saturated rings. The van der Waals surface area contributed by atoms with Crippen LogP contribution in [0.1, 0.15) is 0 Å². The van der Waals surface area contributed by atoms with Gasteiger partial charge < -0.3 is 4.42 Å². The average molecular weight is 247 g/mol. The van der Waals surface area contributed by atoms with Crippen LogP contribution >= 0.6 is 0 Å². The summed E-state index contributed by atoms with van der Waals surface area (Å²) in [6.07, 6.45) is 0. The van der Waals surface area contributed by atoms with Gasteiger partial charge in [0.25, 0.3) is 0 Å². The Morgan fingerprint density at radius 1 is 0.833 bits per heavy atom. The normalized spacial score (nSPS) is 10.0. The molecule has 18 heavy (non-hydrogen) atoms. The lowest BCUT2D eigenvalue weighted by Gasteiger charge is -2.02. The summed E-state index contributed by atoms with van der Waals surface area (Å²) in [6, 6.07) is 18.4. The lowest BCUT2D eigenvalue weighted by molar-refractivity contribution is 0.619. The van der Waals surface area contributed by atoms with Crippen LogP contribution < -0.4 is 5.43 Å². The zero-order valence-corrected chi connectivity index (χ0v) is 11.2. The molecule has 2 radical (unpaired) electrons. The first-order chi connectivity index (χ1) is 8.34. The molecular formula is C15H10MgO2. The standard InChI is InChI=1S/C15H10O2.Mg/c16-13-10-15(11-6-2-1-3-7-11)17-14-9-5-4-8-12(13)14;/h1-10H;. The van der Waals surface area contributed by atoms with E-state index in [1.165, 1.54) is 6.07 Å². The van der Waals surface area contributed by atoms with Crippen molar-refractivity contribution in [1.82, 2.24) is 0 Å². The van der Waals surface area contributed by atoms with Crippen molar-refractivity contribution < 1.29 is 4.42 Å². The van der Waals surface area contributed by atoms with Crippen LogP contribution in [0.3, 0.4) is 0 Å². The second kappa shape index (κ2) is 5.37. The Kier molecular flexibility index (Phi) is 3.84. The molecule has 84 valence electrons. The van der Waals surface area contributed by atoms with Gasteiger partial charge in [0.1, 0.15) is 11.3 Å². The van der Waals surface area contributed by atoms with Gasteiger partial charge in [-0.1, -0.05) is 42.5 Å². The van der Waals surface area contributed by atoms with Crippen LogP contribution in [0.25, 0.3) is 22.3 Å². The fourth-order valence-electron chi connectivity index (χ4n) is 1.85. The summed E-state index contributed by atoms with van der Waals surface area (Å²) in [4.78, 5) is 11.9. The summed E-state index contributed by atoms with van der Waals surface area (Å²) >= 11 is 0. The Labute approximate surface area is 120 Å². The summed E-state index contributed by atoms with van der Waals surface area (Å²) in [7, 11) is 0. The van der Waals surface area contributed by atoms with Gasteiger partial charge in [-0.2, -0.15) is 0 Å². The van der Waals surface area contributed by atoms with Crippen molar-refractivity contribution in [3.63, 3.8) is 0 Å². The lowest BCUT2D eigenvalue weighted by atomic mass is 10.1. The Bertz CT molecular complexity index is 717. The predicted molar refractivity (Wildman–Crippen MR) is 73.7 cm³/mol. The molecule has 0 aliphatic carbocycles. The molecule has 0 saturated heterocycles. The largest absolute Gasteiger partial charge is 0.456 e. The Morgan fingerprint density at radius 3 is 2.28 bits per heavy atom. The van der Waals surface area contributed by atoms with Crippen molar-refractivity contribution in [2.75, 3.05) is 0 Å².